The van der Waals surface area contributed by atoms with E-state index in [-0.39, 0.29) is 28.7 Å². The van der Waals surface area contributed by atoms with Gasteiger partial charge in [-0.15, -0.1) is 0 Å². The fourth-order valence-corrected chi connectivity index (χ4v) is 1.97. The fourth-order valence-electron chi connectivity index (χ4n) is 1.97. The van der Waals surface area contributed by atoms with E-state index in [1.165, 1.54) is 12.1 Å². The second kappa shape index (κ2) is 7.91. The fraction of sp³-hybridized carbons (Fsp3) is 0.333. The van der Waals surface area contributed by atoms with Gasteiger partial charge in [-0.25, -0.2) is 0 Å². The quantitative estimate of drug-likeness (QED) is 0.452. The van der Waals surface area contributed by atoms with Gasteiger partial charge in [0.25, 0.3) is 5.69 Å². The van der Waals surface area contributed by atoms with E-state index in [1.54, 1.807) is 12.1 Å². The van der Waals surface area contributed by atoms with Crippen LogP contribution in [0.15, 0.2) is 28.7 Å². The maximum absolute atomic E-state index is 11.1. The third kappa shape index (κ3) is 4.05. The Balaban J connectivity index is 2.19. The number of hydrogen-bond acceptors (Lipinski definition) is 7. The SMILES string of the molecule is CCOCCCNc1oc(-c2ccccc2[N+](=O)[O-])nc1C#N. The molecule has 1 aromatic carbocycles. The van der Waals surface area contributed by atoms with Crippen LogP contribution in [0.2, 0.25) is 0 Å². The first-order valence-electron chi connectivity index (χ1n) is 7.13. The molecule has 0 unspecified atom stereocenters. The van der Waals surface area contributed by atoms with Crippen LogP contribution in [0.5, 0.6) is 0 Å². The molecular weight excluding hydrogens is 300 g/mol. The first-order chi connectivity index (χ1) is 11.2. The predicted octanol–water partition coefficient (Wildman–Crippen LogP) is 2.96. The summed E-state index contributed by atoms with van der Waals surface area (Å²) in [5, 5.41) is 23.2. The Morgan fingerprint density at radius 3 is 2.96 bits per heavy atom. The molecule has 2 rings (SSSR count). The number of rotatable bonds is 8. The van der Waals surface area contributed by atoms with E-state index in [1.807, 2.05) is 13.0 Å². The Morgan fingerprint density at radius 2 is 2.26 bits per heavy atom. The van der Waals surface area contributed by atoms with E-state index in [4.69, 9.17) is 14.4 Å². The minimum absolute atomic E-state index is 0.0427. The van der Waals surface area contributed by atoms with E-state index < -0.39 is 4.92 Å². The molecule has 8 nitrogen and oxygen atoms in total. The number of nitrogens with zero attached hydrogens (tertiary/aromatic N) is 3. The smallest absolute Gasteiger partial charge is 0.282 e. The number of ether oxygens (including phenoxy) is 1. The molecule has 8 heteroatoms. The highest BCUT2D eigenvalue weighted by atomic mass is 16.6. The number of nitro benzene ring substituents is 1. The first kappa shape index (κ1) is 16.5. The van der Waals surface area contributed by atoms with Gasteiger partial charge in [-0.05, 0) is 19.4 Å². The lowest BCUT2D eigenvalue weighted by atomic mass is 10.2. The monoisotopic (exact) mass is 316 g/mol. The molecule has 0 atom stereocenters. The number of oxazole rings is 1. The Hall–Kier alpha value is -2.92. The van der Waals surface area contributed by atoms with Gasteiger partial charge in [-0.3, -0.25) is 10.1 Å². The van der Waals surface area contributed by atoms with Crippen molar-refractivity contribution in [1.82, 2.24) is 4.98 Å². The standard InChI is InChI=1S/C15H16N4O4/c1-2-22-9-5-8-17-15-12(10-16)18-14(23-15)11-6-3-4-7-13(11)19(20)21/h3-4,6-7,17H,2,5,8-9H2,1H3. The molecule has 0 saturated heterocycles. The Labute approximate surface area is 132 Å². The maximum atomic E-state index is 11.1. The Bertz CT molecular complexity index is 721. The maximum Gasteiger partial charge on any atom is 0.282 e. The largest absolute Gasteiger partial charge is 0.419 e. The van der Waals surface area contributed by atoms with Gasteiger partial charge < -0.3 is 14.5 Å². The second-order valence-corrected chi connectivity index (χ2v) is 4.56. The van der Waals surface area contributed by atoms with Crippen LogP contribution in [-0.2, 0) is 4.74 Å². The number of hydrogen-bond donors (Lipinski definition) is 1. The molecule has 0 amide bonds. The zero-order chi connectivity index (χ0) is 16.7. The number of aromatic nitrogens is 1. The van der Waals surface area contributed by atoms with E-state index in [9.17, 15) is 10.1 Å². The van der Waals surface area contributed by atoms with Crippen molar-refractivity contribution < 1.29 is 14.1 Å². The van der Waals surface area contributed by atoms with Crippen LogP contribution >= 0.6 is 0 Å². The number of nitro groups is 1. The van der Waals surface area contributed by atoms with Crippen molar-refractivity contribution in [3.8, 4) is 17.5 Å². The van der Waals surface area contributed by atoms with Crippen LogP contribution in [0.3, 0.4) is 0 Å². The summed E-state index contributed by atoms with van der Waals surface area (Å²) >= 11 is 0. The normalized spacial score (nSPS) is 10.3. The average molecular weight is 316 g/mol. The number of para-hydroxylation sites is 1. The number of nitriles is 1. The summed E-state index contributed by atoms with van der Waals surface area (Å²) < 4.78 is 10.7. The van der Waals surface area contributed by atoms with E-state index in [2.05, 4.69) is 10.3 Å². The van der Waals surface area contributed by atoms with Gasteiger partial charge in [-0.2, -0.15) is 10.2 Å². The van der Waals surface area contributed by atoms with Crippen molar-refractivity contribution in [2.45, 2.75) is 13.3 Å². The summed E-state index contributed by atoms with van der Waals surface area (Å²) in [4.78, 5) is 14.6. The van der Waals surface area contributed by atoms with Crippen LogP contribution in [0, 0.1) is 21.4 Å². The lowest BCUT2D eigenvalue weighted by Crippen LogP contribution is -2.05. The molecule has 0 radical (unpaired) electrons. The van der Waals surface area contributed by atoms with Crippen LogP contribution in [0.1, 0.15) is 19.0 Å². The third-order valence-electron chi connectivity index (χ3n) is 3.02. The molecule has 0 saturated carbocycles. The summed E-state index contributed by atoms with van der Waals surface area (Å²) in [5.74, 6) is 0.248. The lowest BCUT2D eigenvalue weighted by Gasteiger charge is -2.03. The predicted molar refractivity (Wildman–Crippen MR) is 82.9 cm³/mol. The molecule has 0 bridgehead atoms. The molecule has 1 heterocycles. The van der Waals surface area contributed by atoms with Crippen molar-refractivity contribution in [1.29, 1.82) is 5.26 Å². The van der Waals surface area contributed by atoms with Crippen molar-refractivity contribution in [2.24, 2.45) is 0 Å². The van der Waals surface area contributed by atoms with Crippen LogP contribution in [0.4, 0.5) is 11.6 Å². The molecule has 1 N–H and O–H groups in total. The Morgan fingerprint density at radius 1 is 1.48 bits per heavy atom. The molecular formula is C15H16N4O4. The van der Waals surface area contributed by atoms with Crippen LogP contribution < -0.4 is 5.32 Å². The van der Waals surface area contributed by atoms with Gasteiger partial charge in [0, 0.05) is 25.8 Å². The van der Waals surface area contributed by atoms with Gasteiger partial charge in [-0.1, -0.05) is 12.1 Å². The van der Waals surface area contributed by atoms with Gasteiger partial charge in [0.1, 0.15) is 11.6 Å². The van der Waals surface area contributed by atoms with Crippen molar-refractivity contribution in [2.75, 3.05) is 25.1 Å². The van der Waals surface area contributed by atoms with E-state index in [0.29, 0.717) is 19.8 Å². The number of benzene rings is 1. The third-order valence-corrected chi connectivity index (χ3v) is 3.02. The summed E-state index contributed by atoms with van der Waals surface area (Å²) in [5.41, 5.74) is 0.173. The minimum atomic E-state index is -0.513. The molecule has 23 heavy (non-hydrogen) atoms. The van der Waals surface area contributed by atoms with Crippen LogP contribution in [0.25, 0.3) is 11.5 Å². The molecule has 0 aliphatic carbocycles. The highest BCUT2D eigenvalue weighted by Crippen LogP contribution is 2.31. The molecule has 2 aromatic rings. The van der Waals surface area contributed by atoms with E-state index >= 15 is 0 Å². The van der Waals surface area contributed by atoms with E-state index in [0.717, 1.165) is 6.42 Å². The highest BCUT2D eigenvalue weighted by molar-refractivity contribution is 5.68. The summed E-state index contributed by atoms with van der Waals surface area (Å²) in [6.07, 6.45) is 0.736. The molecule has 1 aromatic heterocycles. The van der Waals surface area contributed by atoms with Gasteiger partial charge in [0.15, 0.2) is 0 Å². The van der Waals surface area contributed by atoms with Crippen LogP contribution in [-0.4, -0.2) is 29.7 Å². The van der Waals surface area contributed by atoms with Gasteiger partial charge in [0.2, 0.25) is 17.5 Å². The second-order valence-electron chi connectivity index (χ2n) is 4.56. The average Bonchev–Trinajstić information content (AvgIpc) is 2.97. The number of nitrogens with one attached hydrogen (secondary N) is 1. The minimum Gasteiger partial charge on any atom is -0.419 e. The summed E-state index contributed by atoms with van der Waals surface area (Å²) in [6.45, 7) is 3.70. The molecule has 0 aliphatic rings. The molecule has 0 fully saturated rings. The van der Waals surface area contributed by atoms with Crippen molar-refractivity contribution in [3.05, 3.63) is 40.1 Å². The molecule has 0 aliphatic heterocycles. The zero-order valence-electron chi connectivity index (χ0n) is 12.6. The Kier molecular flexibility index (Phi) is 5.66. The molecule has 0 spiro atoms. The molecule has 120 valence electrons. The van der Waals surface area contributed by atoms with Gasteiger partial charge in [0.05, 0.1) is 4.92 Å². The summed E-state index contributed by atoms with van der Waals surface area (Å²) in [6, 6.07) is 8.02. The first-order valence-corrected chi connectivity index (χ1v) is 7.13. The van der Waals surface area contributed by atoms with Crippen molar-refractivity contribution >= 4 is 11.6 Å². The highest BCUT2D eigenvalue weighted by Gasteiger charge is 2.21. The van der Waals surface area contributed by atoms with Crippen molar-refractivity contribution in [3.63, 3.8) is 0 Å². The summed E-state index contributed by atoms with van der Waals surface area (Å²) in [7, 11) is 0. The number of anilines is 1. The van der Waals surface area contributed by atoms with Gasteiger partial charge >= 0.3 is 0 Å². The zero-order valence-corrected chi connectivity index (χ0v) is 12.6. The topological polar surface area (TPSA) is 114 Å². The lowest BCUT2D eigenvalue weighted by molar-refractivity contribution is -0.384.